The van der Waals surface area contributed by atoms with Crippen molar-refractivity contribution in [3.63, 3.8) is 0 Å². The van der Waals surface area contributed by atoms with Crippen LogP contribution in [-0.2, 0) is 11.3 Å². The van der Waals surface area contributed by atoms with Gasteiger partial charge in [0.25, 0.3) is 0 Å². The van der Waals surface area contributed by atoms with Gasteiger partial charge in [0.2, 0.25) is 5.91 Å². The summed E-state index contributed by atoms with van der Waals surface area (Å²) in [5.74, 6) is 1.97. The number of benzene rings is 1. The van der Waals surface area contributed by atoms with E-state index in [9.17, 15) is 4.79 Å². The van der Waals surface area contributed by atoms with Crippen LogP contribution in [0.5, 0.6) is 11.5 Å². The molecule has 0 aliphatic heterocycles. The van der Waals surface area contributed by atoms with Crippen LogP contribution in [0.1, 0.15) is 33.4 Å². The molecule has 0 spiro atoms. The third-order valence-electron chi connectivity index (χ3n) is 3.97. The number of carbonyl (C=O) groups excluding carboxylic acids is 1. The molecule has 2 rings (SSSR count). The summed E-state index contributed by atoms with van der Waals surface area (Å²) >= 11 is 0. The predicted molar refractivity (Wildman–Crippen MR) is 95.6 cm³/mol. The molecule has 0 aliphatic rings. The molecule has 1 heterocycles. The Morgan fingerprint density at radius 2 is 1.88 bits per heavy atom. The third kappa shape index (κ3) is 4.32. The van der Waals surface area contributed by atoms with E-state index in [1.54, 1.807) is 25.2 Å². The highest BCUT2D eigenvalue weighted by Crippen LogP contribution is 2.33. The van der Waals surface area contributed by atoms with Crippen LogP contribution in [0.4, 0.5) is 0 Å². The van der Waals surface area contributed by atoms with Gasteiger partial charge in [-0.3, -0.25) is 4.79 Å². The molecule has 0 fully saturated rings. The van der Waals surface area contributed by atoms with E-state index in [4.69, 9.17) is 14.0 Å². The Bertz CT molecular complexity index is 722. The molecule has 1 amide bonds. The first-order valence-corrected chi connectivity index (χ1v) is 8.35. The van der Waals surface area contributed by atoms with E-state index in [1.165, 1.54) is 0 Å². The summed E-state index contributed by atoms with van der Waals surface area (Å²) in [6.07, 6.45) is 0. The van der Waals surface area contributed by atoms with Gasteiger partial charge in [0.05, 0.1) is 26.3 Å². The van der Waals surface area contributed by atoms with Crippen molar-refractivity contribution < 1.29 is 18.8 Å². The third-order valence-corrected chi connectivity index (χ3v) is 3.97. The first kappa shape index (κ1) is 18.8. The largest absolute Gasteiger partial charge is 0.497 e. The minimum Gasteiger partial charge on any atom is -0.497 e. The number of nitrogens with zero attached hydrogens (tertiary/aromatic N) is 2. The molecule has 136 valence electrons. The Morgan fingerprint density at radius 3 is 2.44 bits per heavy atom. The Labute approximate surface area is 148 Å². The molecule has 1 aromatic heterocycles. The molecule has 0 radical (unpaired) electrons. The summed E-state index contributed by atoms with van der Waals surface area (Å²) in [5.41, 5.74) is 1.49. The Hall–Kier alpha value is -2.50. The average molecular weight is 346 g/mol. The van der Waals surface area contributed by atoms with E-state index in [-0.39, 0.29) is 17.9 Å². The lowest BCUT2D eigenvalue weighted by molar-refractivity contribution is -0.136. The van der Waals surface area contributed by atoms with E-state index < -0.39 is 0 Å². The van der Waals surface area contributed by atoms with Crippen LogP contribution in [0.3, 0.4) is 0 Å². The highest BCUT2D eigenvalue weighted by molar-refractivity contribution is 5.78. The minimum atomic E-state index is -0.0598. The molecule has 25 heavy (non-hydrogen) atoms. The molecular formula is C19H26N2O4. The highest BCUT2D eigenvalue weighted by Gasteiger charge is 2.22. The molecule has 6 heteroatoms. The second kappa shape index (κ2) is 8.05. The van der Waals surface area contributed by atoms with Crippen molar-refractivity contribution >= 4 is 5.91 Å². The minimum absolute atomic E-state index is 0.0598. The fraction of sp³-hybridized carbons (Fsp3) is 0.474. The molecule has 0 bridgehead atoms. The Morgan fingerprint density at radius 1 is 1.16 bits per heavy atom. The molecule has 6 nitrogen and oxygen atoms in total. The van der Waals surface area contributed by atoms with Gasteiger partial charge in [-0.1, -0.05) is 19.0 Å². The van der Waals surface area contributed by atoms with Gasteiger partial charge in [0.1, 0.15) is 17.2 Å². The zero-order valence-electron chi connectivity index (χ0n) is 15.7. The van der Waals surface area contributed by atoms with Gasteiger partial charge >= 0.3 is 0 Å². The normalized spacial score (nSPS) is 11.0. The van der Waals surface area contributed by atoms with Crippen molar-refractivity contribution in [2.45, 2.75) is 40.3 Å². The van der Waals surface area contributed by atoms with Gasteiger partial charge in [0.15, 0.2) is 5.76 Å². The second-order valence-corrected chi connectivity index (χ2v) is 6.46. The van der Waals surface area contributed by atoms with Gasteiger partial charge in [-0.05, 0) is 26.0 Å². The lowest BCUT2D eigenvalue weighted by Gasteiger charge is -2.27. The smallest absolute Gasteiger partial charge is 0.225 e. The van der Waals surface area contributed by atoms with Gasteiger partial charge in [-0.15, -0.1) is 0 Å². The van der Waals surface area contributed by atoms with Gasteiger partial charge in [-0.25, -0.2) is 0 Å². The van der Waals surface area contributed by atoms with Crippen molar-refractivity contribution in [3.8, 4) is 22.8 Å². The van der Waals surface area contributed by atoms with Gasteiger partial charge in [0, 0.05) is 24.1 Å². The molecule has 0 N–H and O–H groups in total. The zero-order valence-corrected chi connectivity index (χ0v) is 15.7. The summed E-state index contributed by atoms with van der Waals surface area (Å²) in [6.45, 7) is 8.19. The van der Waals surface area contributed by atoms with E-state index >= 15 is 0 Å². The lowest BCUT2D eigenvalue weighted by atomic mass is 10.1. The Kier molecular flexibility index (Phi) is 6.07. The van der Waals surface area contributed by atoms with Crippen LogP contribution in [0, 0.1) is 5.92 Å². The topological polar surface area (TPSA) is 64.8 Å². The summed E-state index contributed by atoms with van der Waals surface area (Å²) in [7, 11) is 3.20. The van der Waals surface area contributed by atoms with Crippen LogP contribution in [0.2, 0.25) is 0 Å². The van der Waals surface area contributed by atoms with Crippen LogP contribution in [-0.4, -0.2) is 36.2 Å². The number of methoxy groups -OCH3 is 2. The zero-order chi connectivity index (χ0) is 18.6. The first-order valence-electron chi connectivity index (χ1n) is 8.35. The van der Waals surface area contributed by atoms with Crippen LogP contribution in [0.25, 0.3) is 11.3 Å². The number of ether oxygens (including phenoxy) is 2. The summed E-state index contributed by atoms with van der Waals surface area (Å²) in [5, 5.41) is 4.12. The number of carbonyl (C=O) groups is 1. The number of aromatic nitrogens is 1. The van der Waals surface area contributed by atoms with Gasteiger partial charge < -0.3 is 18.9 Å². The maximum atomic E-state index is 12.4. The van der Waals surface area contributed by atoms with Crippen molar-refractivity contribution in [2.24, 2.45) is 5.92 Å². The average Bonchev–Trinajstić information content (AvgIpc) is 3.06. The molecule has 0 saturated carbocycles. The lowest BCUT2D eigenvalue weighted by Crippen LogP contribution is -2.39. The quantitative estimate of drug-likeness (QED) is 0.764. The molecule has 0 atom stereocenters. The van der Waals surface area contributed by atoms with E-state index in [0.29, 0.717) is 29.5 Å². The maximum Gasteiger partial charge on any atom is 0.225 e. The van der Waals surface area contributed by atoms with Gasteiger partial charge in [-0.2, -0.15) is 0 Å². The second-order valence-electron chi connectivity index (χ2n) is 6.46. The number of amides is 1. The van der Waals surface area contributed by atoms with Crippen molar-refractivity contribution in [3.05, 3.63) is 30.0 Å². The number of hydrogen-bond donors (Lipinski definition) is 0. The summed E-state index contributed by atoms with van der Waals surface area (Å²) in [4.78, 5) is 14.2. The SMILES string of the molecule is COc1ccc(-c2cc(CN(C(=O)C(C)C)C(C)C)no2)c(OC)c1. The number of rotatable bonds is 7. The maximum absolute atomic E-state index is 12.4. The van der Waals surface area contributed by atoms with Crippen LogP contribution < -0.4 is 9.47 Å². The molecule has 1 aromatic carbocycles. The van der Waals surface area contributed by atoms with E-state index in [0.717, 1.165) is 5.56 Å². The van der Waals surface area contributed by atoms with E-state index in [2.05, 4.69) is 5.16 Å². The molecule has 0 unspecified atom stereocenters. The predicted octanol–water partition coefficient (Wildman–Crippen LogP) is 3.75. The Balaban J connectivity index is 2.26. The molecule has 0 aliphatic carbocycles. The van der Waals surface area contributed by atoms with Crippen molar-refractivity contribution in [1.29, 1.82) is 0 Å². The molecule has 2 aromatic rings. The first-order chi connectivity index (χ1) is 11.9. The van der Waals surface area contributed by atoms with E-state index in [1.807, 2.05) is 45.9 Å². The van der Waals surface area contributed by atoms with Crippen molar-refractivity contribution in [1.82, 2.24) is 10.1 Å². The summed E-state index contributed by atoms with van der Waals surface area (Å²) < 4.78 is 16.1. The van der Waals surface area contributed by atoms with Crippen molar-refractivity contribution in [2.75, 3.05) is 14.2 Å². The molecule has 0 saturated heterocycles. The fourth-order valence-corrected chi connectivity index (χ4v) is 2.54. The standard InChI is InChI=1S/C19H26N2O4/c1-12(2)19(22)21(13(3)4)11-14-9-18(25-20-14)16-8-7-15(23-5)10-17(16)24-6/h7-10,12-13H,11H2,1-6H3. The van der Waals surface area contributed by atoms with Crippen LogP contribution >= 0.6 is 0 Å². The number of hydrogen-bond acceptors (Lipinski definition) is 5. The summed E-state index contributed by atoms with van der Waals surface area (Å²) in [6, 6.07) is 7.42. The molecular weight excluding hydrogens is 320 g/mol. The van der Waals surface area contributed by atoms with Crippen LogP contribution in [0.15, 0.2) is 28.8 Å². The highest BCUT2D eigenvalue weighted by atomic mass is 16.5. The monoisotopic (exact) mass is 346 g/mol. The fourth-order valence-electron chi connectivity index (χ4n) is 2.54.